The van der Waals surface area contributed by atoms with Gasteiger partial charge in [0.25, 0.3) is 5.91 Å². The van der Waals surface area contributed by atoms with Crippen molar-refractivity contribution in [2.75, 3.05) is 6.54 Å². The second-order valence-corrected chi connectivity index (χ2v) is 4.85. The molecule has 1 aromatic heterocycles. The number of benzene rings is 1. The van der Waals surface area contributed by atoms with E-state index in [-0.39, 0.29) is 18.0 Å². The second-order valence-electron chi connectivity index (χ2n) is 4.85. The van der Waals surface area contributed by atoms with Gasteiger partial charge >= 0.3 is 6.18 Å². The Bertz CT molecular complexity index is 779. The Kier molecular flexibility index (Phi) is 4.80. The van der Waals surface area contributed by atoms with Gasteiger partial charge in [-0.25, -0.2) is 0 Å². The van der Waals surface area contributed by atoms with Crippen LogP contribution >= 0.6 is 0 Å². The highest BCUT2D eigenvalue weighted by Crippen LogP contribution is 2.31. The van der Waals surface area contributed by atoms with Crippen LogP contribution in [0.5, 0.6) is 0 Å². The van der Waals surface area contributed by atoms with Crippen molar-refractivity contribution in [3.8, 4) is 11.8 Å². The average molecular weight is 321 g/mol. The van der Waals surface area contributed by atoms with Gasteiger partial charge < -0.3 is 9.73 Å². The summed E-state index contributed by atoms with van der Waals surface area (Å²) in [5.41, 5.74) is -0.523. The third-order valence-electron chi connectivity index (χ3n) is 3.08. The summed E-state index contributed by atoms with van der Waals surface area (Å²) in [6.07, 6.45) is -4.46. The molecule has 0 atom stereocenters. The minimum absolute atomic E-state index is 0.0608. The Labute approximate surface area is 131 Å². The number of halogens is 3. The van der Waals surface area contributed by atoms with Gasteiger partial charge in [0.15, 0.2) is 0 Å². The van der Waals surface area contributed by atoms with Gasteiger partial charge in [0.1, 0.15) is 11.5 Å². The molecule has 0 saturated carbocycles. The average Bonchev–Trinajstić information content (AvgIpc) is 2.81. The van der Waals surface area contributed by atoms with Crippen molar-refractivity contribution in [2.45, 2.75) is 20.0 Å². The molecule has 6 heteroatoms. The topological polar surface area (TPSA) is 42.2 Å². The van der Waals surface area contributed by atoms with Crippen LogP contribution in [0.3, 0.4) is 0 Å². The quantitative estimate of drug-likeness (QED) is 0.857. The molecule has 0 radical (unpaired) electrons. The fourth-order valence-electron chi connectivity index (χ4n) is 2.05. The molecule has 23 heavy (non-hydrogen) atoms. The predicted octanol–water partition coefficient (Wildman–Crippen LogP) is 3.70. The first kappa shape index (κ1) is 16.7. The minimum atomic E-state index is -4.46. The van der Waals surface area contributed by atoms with Crippen LogP contribution in [-0.2, 0) is 6.18 Å². The normalized spacial score (nSPS) is 10.8. The molecule has 1 aromatic carbocycles. The fraction of sp³-hybridized carbons (Fsp3) is 0.235. The number of hydrogen-bond acceptors (Lipinski definition) is 2. The summed E-state index contributed by atoms with van der Waals surface area (Å²) in [7, 11) is 0. The van der Waals surface area contributed by atoms with Gasteiger partial charge in [0, 0.05) is 5.56 Å². The molecule has 2 aromatic rings. The first-order valence-corrected chi connectivity index (χ1v) is 6.79. The zero-order chi connectivity index (χ0) is 17.0. The number of aryl methyl sites for hydroxylation is 2. The molecular weight excluding hydrogens is 307 g/mol. The Morgan fingerprint density at radius 2 is 1.96 bits per heavy atom. The van der Waals surface area contributed by atoms with E-state index in [2.05, 4.69) is 17.2 Å². The molecular formula is C17H14F3NO2. The van der Waals surface area contributed by atoms with Crippen LogP contribution < -0.4 is 5.32 Å². The Hall–Kier alpha value is -2.68. The molecule has 0 aliphatic rings. The van der Waals surface area contributed by atoms with E-state index in [9.17, 15) is 18.0 Å². The Morgan fingerprint density at radius 3 is 2.57 bits per heavy atom. The molecule has 1 heterocycles. The van der Waals surface area contributed by atoms with Gasteiger partial charge in [-0.3, -0.25) is 4.79 Å². The van der Waals surface area contributed by atoms with Gasteiger partial charge in [0.2, 0.25) is 0 Å². The summed E-state index contributed by atoms with van der Waals surface area (Å²) in [6, 6.07) is 6.65. The minimum Gasteiger partial charge on any atom is -0.466 e. The van der Waals surface area contributed by atoms with Crippen molar-refractivity contribution in [3.05, 3.63) is 58.5 Å². The standard InChI is InChI=1S/C17H14F3NO2/c1-11-10-14(12(2)23-11)16(22)21-9-5-7-13-6-3-4-8-15(13)17(18,19)20/h3-4,6,8,10H,9H2,1-2H3,(H,21,22). The Morgan fingerprint density at radius 1 is 1.26 bits per heavy atom. The molecule has 0 saturated heterocycles. The number of carbonyl (C=O) groups is 1. The van der Waals surface area contributed by atoms with E-state index >= 15 is 0 Å². The molecule has 0 unspecified atom stereocenters. The SMILES string of the molecule is Cc1cc(C(=O)NCC#Cc2ccccc2C(F)(F)F)c(C)o1. The highest BCUT2D eigenvalue weighted by Gasteiger charge is 2.32. The molecule has 0 aliphatic carbocycles. The number of hydrogen-bond donors (Lipinski definition) is 1. The van der Waals surface area contributed by atoms with E-state index in [1.165, 1.54) is 18.2 Å². The first-order valence-electron chi connectivity index (χ1n) is 6.79. The molecule has 0 aliphatic heterocycles. The van der Waals surface area contributed by atoms with Gasteiger partial charge in [-0.2, -0.15) is 13.2 Å². The van der Waals surface area contributed by atoms with Crippen molar-refractivity contribution in [1.29, 1.82) is 0 Å². The maximum absolute atomic E-state index is 12.8. The van der Waals surface area contributed by atoms with Crippen LogP contribution in [0.15, 0.2) is 34.7 Å². The molecule has 0 spiro atoms. The van der Waals surface area contributed by atoms with Gasteiger partial charge in [-0.1, -0.05) is 24.0 Å². The fourth-order valence-corrected chi connectivity index (χ4v) is 2.05. The summed E-state index contributed by atoms with van der Waals surface area (Å²) in [4.78, 5) is 11.9. The second kappa shape index (κ2) is 6.61. The number of furan rings is 1. The highest BCUT2D eigenvalue weighted by atomic mass is 19.4. The molecule has 1 amide bonds. The molecule has 120 valence electrons. The Balaban J connectivity index is 2.05. The first-order chi connectivity index (χ1) is 10.8. The van der Waals surface area contributed by atoms with Gasteiger partial charge in [-0.15, -0.1) is 0 Å². The number of alkyl halides is 3. The summed E-state index contributed by atoms with van der Waals surface area (Å²) >= 11 is 0. The molecule has 1 N–H and O–H groups in total. The van der Waals surface area contributed by atoms with Crippen LogP contribution in [0.2, 0.25) is 0 Å². The number of nitrogens with one attached hydrogen (secondary N) is 1. The lowest BCUT2D eigenvalue weighted by atomic mass is 10.1. The third-order valence-corrected chi connectivity index (χ3v) is 3.08. The van der Waals surface area contributed by atoms with Gasteiger partial charge in [-0.05, 0) is 32.0 Å². The molecule has 0 bridgehead atoms. The zero-order valence-corrected chi connectivity index (χ0v) is 12.5. The van der Waals surface area contributed by atoms with Crippen molar-refractivity contribution >= 4 is 5.91 Å². The van der Waals surface area contributed by atoms with Crippen molar-refractivity contribution in [2.24, 2.45) is 0 Å². The number of rotatable bonds is 2. The third kappa shape index (κ3) is 4.16. The van der Waals surface area contributed by atoms with Crippen LogP contribution in [0.4, 0.5) is 13.2 Å². The van der Waals surface area contributed by atoms with Crippen LogP contribution in [0.1, 0.15) is 33.0 Å². The van der Waals surface area contributed by atoms with Crippen LogP contribution in [-0.4, -0.2) is 12.5 Å². The van der Waals surface area contributed by atoms with Crippen molar-refractivity contribution < 1.29 is 22.4 Å². The maximum atomic E-state index is 12.8. The molecule has 0 fully saturated rings. The summed E-state index contributed by atoms with van der Waals surface area (Å²) in [5, 5.41) is 2.53. The van der Waals surface area contributed by atoms with Crippen LogP contribution in [0, 0.1) is 25.7 Å². The number of carbonyl (C=O) groups excluding carboxylic acids is 1. The van der Waals surface area contributed by atoms with Crippen molar-refractivity contribution in [3.63, 3.8) is 0 Å². The lowest BCUT2D eigenvalue weighted by Crippen LogP contribution is -2.23. The molecule has 3 nitrogen and oxygen atoms in total. The van der Waals surface area contributed by atoms with E-state index in [1.807, 2.05) is 0 Å². The van der Waals surface area contributed by atoms with Gasteiger partial charge in [0.05, 0.1) is 17.7 Å². The van der Waals surface area contributed by atoms with E-state index in [0.717, 1.165) is 6.07 Å². The monoisotopic (exact) mass is 321 g/mol. The van der Waals surface area contributed by atoms with E-state index < -0.39 is 11.7 Å². The maximum Gasteiger partial charge on any atom is 0.417 e. The van der Waals surface area contributed by atoms with E-state index in [4.69, 9.17) is 4.42 Å². The highest BCUT2D eigenvalue weighted by molar-refractivity contribution is 5.95. The smallest absolute Gasteiger partial charge is 0.417 e. The van der Waals surface area contributed by atoms with E-state index in [1.54, 1.807) is 19.9 Å². The number of amides is 1. The summed E-state index contributed by atoms with van der Waals surface area (Å²) in [5.74, 6) is 5.68. The summed E-state index contributed by atoms with van der Waals surface area (Å²) in [6.45, 7) is 3.32. The van der Waals surface area contributed by atoms with Crippen LogP contribution in [0.25, 0.3) is 0 Å². The lowest BCUT2D eigenvalue weighted by molar-refractivity contribution is -0.137. The lowest BCUT2D eigenvalue weighted by Gasteiger charge is -2.08. The zero-order valence-electron chi connectivity index (χ0n) is 12.5. The predicted molar refractivity (Wildman–Crippen MR) is 78.8 cm³/mol. The van der Waals surface area contributed by atoms with Crippen molar-refractivity contribution in [1.82, 2.24) is 5.32 Å². The largest absolute Gasteiger partial charge is 0.466 e. The van der Waals surface area contributed by atoms with E-state index in [0.29, 0.717) is 17.1 Å². The summed E-state index contributed by atoms with van der Waals surface area (Å²) < 4.78 is 43.7. The molecule has 2 rings (SSSR count).